The van der Waals surface area contributed by atoms with E-state index in [0.29, 0.717) is 6.26 Å². The number of rotatable bonds is 0. The first-order chi connectivity index (χ1) is 3.41. The van der Waals surface area contributed by atoms with Crippen molar-refractivity contribution in [2.75, 3.05) is 6.26 Å². The Labute approximate surface area is 48.3 Å². The lowest BCUT2D eigenvalue weighted by Gasteiger charge is -1.69. The molecule has 0 aromatic carbocycles. The third kappa shape index (κ3) is 664. The molecule has 0 unspecified atom stereocenters. The summed E-state index contributed by atoms with van der Waals surface area (Å²) in [5.41, 5.74) is 0. The van der Waals surface area contributed by atoms with Crippen molar-refractivity contribution >= 4 is 16.4 Å². The van der Waals surface area contributed by atoms with Crippen molar-refractivity contribution in [3.8, 4) is 0 Å². The first-order valence-corrected chi connectivity index (χ1v) is 3.59. The normalized spacial score (nSPS) is 8.88. The van der Waals surface area contributed by atoms with Gasteiger partial charge in [0, 0.05) is 0 Å². The lowest BCUT2D eigenvalue weighted by Crippen LogP contribution is -1.88. The van der Waals surface area contributed by atoms with Crippen LogP contribution >= 0.6 is 0 Å². The SMILES string of the molecule is CC=O.CS(=O)(=O)O. The van der Waals surface area contributed by atoms with E-state index in [1.54, 1.807) is 0 Å². The number of hydrogen-bond acceptors (Lipinski definition) is 3. The molecule has 0 aliphatic rings. The van der Waals surface area contributed by atoms with Crippen LogP contribution in [0.2, 0.25) is 0 Å². The van der Waals surface area contributed by atoms with E-state index in [1.807, 2.05) is 0 Å². The Morgan fingerprint density at radius 3 is 1.50 bits per heavy atom. The van der Waals surface area contributed by atoms with Crippen LogP contribution in [0.4, 0.5) is 0 Å². The average Bonchev–Trinajstić information content (AvgIpc) is 1.27. The van der Waals surface area contributed by atoms with Crippen molar-refractivity contribution in [1.82, 2.24) is 0 Å². The summed E-state index contributed by atoms with van der Waals surface area (Å²) in [5, 5.41) is 0. The minimum absolute atomic E-state index is 0.715. The molecule has 50 valence electrons. The highest BCUT2D eigenvalue weighted by Crippen LogP contribution is 1.60. The van der Waals surface area contributed by atoms with Gasteiger partial charge in [0.2, 0.25) is 0 Å². The predicted octanol–water partition coefficient (Wildman–Crippen LogP) is -0.291. The fraction of sp³-hybridized carbons (Fsp3) is 0.667. The lowest BCUT2D eigenvalue weighted by molar-refractivity contribution is -0.106. The van der Waals surface area contributed by atoms with E-state index in [1.165, 1.54) is 6.92 Å². The van der Waals surface area contributed by atoms with Crippen LogP contribution < -0.4 is 0 Å². The Balaban J connectivity index is 0. The zero-order valence-corrected chi connectivity index (χ0v) is 5.47. The van der Waals surface area contributed by atoms with Crippen LogP contribution in [-0.2, 0) is 14.9 Å². The Hall–Kier alpha value is -0.420. The molecule has 0 saturated carbocycles. The molecule has 8 heavy (non-hydrogen) atoms. The highest BCUT2D eigenvalue weighted by molar-refractivity contribution is 7.85. The molecule has 4 nitrogen and oxygen atoms in total. The average molecular weight is 140 g/mol. The first-order valence-electron chi connectivity index (χ1n) is 1.74. The van der Waals surface area contributed by atoms with E-state index < -0.39 is 10.1 Å². The molecule has 0 heterocycles. The number of aldehydes is 1. The molecule has 0 radical (unpaired) electrons. The fourth-order valence-corrected chi connectivity index (χ4v) is 0. The van der Waals surface area contributed by atoms with Crippen LogP contribution in [0.3, 0.4) is 0 Å². The van der Waals surface area contributed by atoms with Crippen LogP contribution in [0, 0.1) is 0 Å². The Morgan fingerprint density at radius 2 is 1.50 bits per heavy atom. The van der Waals surface area contributed by atoms with Gasteiger partial charge < -0.3 is 4.79 Å². The molecule has 0 saturated heterocycles. The van der Waals surface area contributed by atoms with Gasteiger partial charge in [0.1, 0.15) is 6.29 Å². The third-order valence-electron chi connectivity index (χ3n) is 0. The number of carbonyl (C=O) groups excluding carboxylic acids is 1. The van der Waals surface area contributed by atoms with Crippen molar-refractivity contribution < 1.29 is 17.8 Å². The molecule has 0 spiro atoms. The van der Waals surface area contributed by atoms with Gasteiger partial charge in [-0.15, -0.1) is 0 Å². The van der Waals surface area contributed by atoms with E-state index in [9.17, 15) is 8.42 Å². The van der Waals surface area contributed by atoms with Gasteiger partial charge >= 0.3 is 0 Å². The molecule has 5 heteroatoms. The van der Waals surface area contributed by atoms with Crippen molar-refractivity contribution in [2.24, 2.45) is 0 Å². The summed E-state index contributed by atoms with van der Waals surface area (Å²) in [6.07, 6.45) is 1.47. The lowest BCUT2D eigenvalue weighted by atomic mass is 11.0. The van der Waals surface area contributed by atoms with E-state index in [2.05, 4.69) is 0 Å². The first kappa shape index (κ1) is 10.5. The molecule has 0 fully saturated rings. The zero-order chi connectivity index (χ0) is 7.21. The van der Waals surface area contributed by atoms with Crippen molar-refractivity contribution in [1.29, 1.82) is 0 Å². The second-order valence-corrected chi connectivity index (χ2v) is 2.43. The summed E-state index contributed by atoms with van der Waals surface area (Å²) >= 11 is 0. The molecule has 1 N–H and O–H groups in total. The number of hydrogen-bond donors (Lipinski definition) is 1. The topological polar surface area (TPSA) is 71.4 Å². The fourth-order valence-electron chi connectivity index (χ4n) is 0. The molecule has 0 aliphatic carbocycles. The van der Waals surface area contributed by atoms with Gasteiger partial charge in [0.05, 0.1) is 6.26 Å². The Morgan fingerprint density at radius 1 is 1.50 bits per heavy atom. The molecule has 0 aromatic rings. The van der Waals surface area contributed by atoms with Gasteiger partial charge in [-0.3, -0.25) is 4.55 Å². The monoisotopic (exact) mass is 140 g/mol. The van der Waals surface area contributed by atoms with E-state index in [4.69, 9.17) is 9.35 Å². The van der Waals surface area contributed by atoms with Gasteiger partial charge in [0.25, 0.3) is 10.1 Å². The van der Waals surface area contributed by atoms with Gasteiger partial charge in [-0.2, -0.15) is 8.42 Å². The van der Waals surface area contributed by atoms with E-state index in [0.717, 1.165) is 6.29 Å². The molecule has 0 aliphatic heterocycles. The van der Waals surface area contributed by atoms with Crippen molar-refractivity contribution in [2.45, 2.75) is 6.92 Å². The van der Waals surface area contributed by atoms with Gasteiger partial charge in [-0.1, -0.05) is 0 Å². The number of carbonyl (C=O) groups is 1. The van der Waals surface area contributed by atoms with Crippen LogP contribution in [0.1, 0.15) is 6.92 Å². The predicted molar refractivity (Wildman–Crippen MR) is 29.2 cm³/mol. The zero-order valence-electron chi connectivity index (χ0n) is 4.66. The minimum atomic E-state index is -3.67. The van der Waals surface area contributed by atoms with Crippen LogP contribution in [0.5, 0.6) is 0 Å². The summed E-state index contributed by atoms with van der Waals surface area (Å²) in [4.78, 5) is 8.81. The second-order valence-electron chi connectivity index (χ2n) is 0.969. The van der Waals surface area contributed by atoms with Crippen molar-refractivity contribution in [3.05, 3.63) is 0 Å². The molecule has 0 atom stereocenters. The van der Waals surface area contributed by atoms with Crippen LogP contribution in [-0.4, -0.2) is 25.5 Å². The minimum Gasteiger partial charge on any atom is -0.304 e. The summed E-state index contributed by atoms with van der Waals surface area (Å²) in [6.45, 7) is 1.44. The third-order valence-corrected chi connectivity index (χ3v) is 0. The van der Waals surface area contributed by atoms with E-state index in [-0.39, 0.29) is 0 Å². The summed E-state index contributed by atoms with van der Waals surface area (Å²) in [6, 6.07) is 0. The van der Waals surface area contributed by atoms with Gasteiger partial charge in [0.15, 0.2) is 0 Å². The van der Waals surface area contributed by atoms with Crippen LogP contribution in [0.15, 0.2) is 0 Å². The molecule has 0 amide bonds. The van der Waals surface area contributed by atoms with Crippen LogP contribution in [0.25, 0.3) is 0 Å². The summed E-state index contributed by atoms with van der Waals surface area (Å²) < 4.78 is 25.9. The highest BCUT2D eigenvalue weighted by Gasteiger charge is 1.81. The van der Waals surface area contributed by atoms with Crippen molar-refractivity contribution in [3.63, 3.8) is 0 Å². The molecular weight excluding hydrogens is 132 g/mol. The molecule has 0 rings (SSSR count). The maximum atomic E-state index is 9.19. The molecule has 0 bridgehead atoms. The van der Waals surface area contributed by atoms with E-state index >= 15 is 0 Å². The molecule has 0 aromatic heterocycles. The van der Waals surface area contributed by atoms with Gasteiger partial charge in [-0.25, -0.2) is 0 Å². The quantitative estimate of drug-likeness (QED) is 0.370. The standard InChI is InChI=1S/C2H4O.CH4O3S/c1-2-3;1-5(2,3)4/h2H,1H3;1H3,(H,2,3,4). The summed E-state index contributed by atoms with van der Waals surface area (Å²) in [7, 11) is -3.67. The second kappa shape index (κ2) is 4.73. The molecular formula is C3H8O4S. The highest BCUT2D eigenvalue weighted by atomic mass is 32.2. The summed E-state index contributed by atoms with van der Waals surface area (Å²) in [5.74, 6) is 0. The Bertz CT molecular complexity index is 125. The maximum Gasteiger partial charge on any atom is 0.261 e. The maximum absolute atomic E-state index is 9.19. The van der Waals surface area contributed by atoms with Gasteiger partial charge in [-0.05, 0) is 6.92 Å². The smallest absolute Gasteiger partial charge is 0.261 e. The largest absolute Gasteiger partial charge is 0.304 e. The Kier molecular flexibility index (Phi) is 6.23.